The van der Waals surface area contributed by atoms with E-state index in [1.165, 1.54) is 11.6 Å². The zero-order valence-electron chi connectivity index (χ0n) is 8.38. The van der Waals surface area contributed by atoms with Crippen LogP contribution in [0.1, 0.15) is 20.8 Å². The molecule has 0 spiro atoms. The van der Waals surface area contributed by atoms with Gasteiger partial charge in [0, 0.05) is 6.20 Å². The smallest absolute Gasteiger partial charge is 0.359 e. The quantitative estimate of drug-likeness (QED) is 0.757. The normalized spacial score (nSPS) is 10.3. The van der Waals surface area contributed by atoms with Crippen LogP contribution in [0.4, 0.5) is 0 Å². The van der Waals surface area contributed by atoms with Crippen LogP contribution < -0.4 is 0 Å². The first kappa shape index (κ1) is 10.2. The van der Waals surface area contributed by atoms with Crippen molar-refractivity contribution in [3.63, 3.8) is 0 Å². The van der Waals surface area contributed by atoms with Crippen molar-refractivity contribution in [3.05, 3.63) is 35.7 Å². The fourth-order valence-corrected chi connectivity index (χ4v) is 1.45. The van der Waals surface area contributed by atoms with Gasteiger partial charge in [-0.25, -0.2) is 14.1 Å². The molecule has 6 nitrogen and oxygen atoms in total. The lowest BCUT2D eigenvalue weighted by Crippen LogP contribution is -2.08. The van der Waals surface area contributed by atoms with Crippen LogP contribution in [-0.4, -0.2) is 33.8 Å². The first-order chi connectivity index (χ1) is 7.65. The van der Waals surface area contributed by atoms with Gasteiger partial charge in [-0.1, -0.05) is 6.07 Å². The Bertz CT molecular complexity index is 573. The Morgan fingerprint density at radius 1 is 1.44 bits per heavy atom. The van der Waals surface area contributed by atoms with Crippen LogP contribution in [0.25, 0.3) is 5.52 Å². The summed E-state index contributed by atoms with van der Waals surface area (Å²) >= 11 is 0. The van der Waals surface area contributed by atoms with Crippen molar-refractivity contribution in [3.8, 4) is 0 Å². The molecule has 2 aromatic rings. The highest BCUT2D eigenvalue weighted by atomic mass is 16.5. The summed E-state index contributed by atoms with van der Waals surface area (Å²) in [6, 6.07) is 4.93. The number of aromatic nitrogens is 2. The largest absolute Gasteiger partial charge is 0.478 e. The number of esters is 1. The number of carboxylic acid groups (broad SMARTS) is 1. The number of ether oxygens (including phenoxy) is 1. The second kappa shape index (κ2) is 3.65. The molecule has 0 amide bonds. The molecule has 2 aromatic heterocycles. The van der Waals surface area contributed by atoms with Gasteiger partial charge in [-0.15, -0.1) is 0 Å². The van der Waals surface area contributed by atoms with E-state index in [1.54, 1.807) is 24.4 Å². The Balaban J connectivity index is 2.78. The SMILES string of the molecule is COC(=O)c1nn2ccccc2c1C(=O)O. The van der Waals surface area contributed by atoms with Gasteiger partial charge in [-0.05, 0) is 12.1 Å². The van der Waals surface area contributed by atoms with Crippen molar-refractivity contribution in [2.75, 3.05) is 7.11 Å². The number of methoxy groups -OCH3 is 1. The molecule has 2 heterocycles. The van der Waals surface area contributed by atoms with Crippen LogP contribution in [0, 0.1) is 0 Å². The van der Waals surface area contributed by atoms with E-state index in [2.05, 4.69) is 9.84 Å². The highest BCUT2D eigenvalue weighted by Crippen LogP contribution is 2.16. The number of hydrogen-bond acceptors (Lipinski definition) is 4. The molecule has 0 aliphatic carbocycles. The zero-order valence-corrected chi connectivity index (χ0v) is 8.38. The molecular formula is C10H8N2O4. The van der Waals surface area contributed by atoms with Crippen LogP contribution in [0.15, 0.2) is 24.4 Å². The number of rotatable bonds is 2. The van der Waals surface area contributed by atoms with E-state index in [4.69, 9.17) is 5.11 Å². The number of fused-ring (bicyclic) bond motifs is 1. The topological polar surface area (TPSA) is 80.9 Å². The lowest BCUT2D eigenvalue weighted by atomic mass is 10.2. The molecule has 1 N–H and O–H groups in total. The summed E-state index contributed by atoms with van der Waals surface area (Å²) in [6.45, 7) is 0. The third-order valence-corrected chi connectivity index (χ3v) is 2.13. The van der Waals surface area contributed by atoms with E-state index in [0.717, 1.165) is 0 Å². The van der Waals surface area contributed by atoms with Crippen LogP contribution in [0.2, 0.25) is 0 Å². The molecular weight excluding hydrogens is 212 g/mol. The molecule has 6 heteroatoms. The fraction of sp³-hybridized carbons (Fsp3) is 0.100. The van der Waals surface area contributed by atoms with Crippen LogP contribution in [0.5, 0.6) is 0 Å². The molecule has 2 rings (SSSR count). The summed E-state index contributed by atoms with van der Waals surface area (Å²) < 4.78 is 5.81. The highest BCUT2D eigenvalue weighted by molar-refractivity contribution is 6.06. The van der Waals surface area contributed by atoms with Crippen molar-refractivity contribution < 1.29 is 19.4 Å². The van der Waals surface area contributed by atoms with Gasteiger partial charge in [0.05, 0.1) is 12.6 Å². The third kappa shape index (κ3) is 1.40. The average molecular weight is 220 g/mol. The maximum Gasteiger partial charge on any atom is 0.359 e. The standard InChI is InChI=1S/C10H8N2O4/c1-16-10(15)8-7(9(13)14)6-4-2-3-5-12(6)11-8/h2-5H,1H3,(H,13,14). The van der Waals surface area contributed by atoms with Crippen molar-refractivity contribution in [2.45, 2.75) is 0 Å². The first-order valence-corrected chi connectivity index (χ1v) is 4.44. The molecule has 16 heavy (non-hydrogen) atoms. The maximum atomic E-state index is 11.3. The summed E-state index contributed by atoms with van der Waals surface area (Å²) in [6.07, 6.45) is 1.56. The fourth-order valence-electron chi connectivity index (χ4n) is 1.45. The minimum atomic E-state index is -1.21. The molecule has 0 saturated heterocycles. The van der Waals surface area contributed by atoms with E-state index in [0.29, 0.717) is 5.52 Å². The minimum Gasteiger partial charge on any atom is -0.478 e. The third-order valence-electron chi connectivity index (χ3n) is 2.13. The maximum absolute atomic E-state index is 11.3. The van der Waals surface area contributed by atoms with Crippen molar-refractivity contribution in [2.24, 2.45) is 0 Å². The molecule has 0 unspecified atom stereocenters. The Kier molecular flexibility index (Phi) is 2.32. The number of carboxylic acids is 1. The summed E-state index contributed by atoms with van der Waals surface area (Å²) in [4.78, 5) is 22.4. The van der Waals surface area contributed by atoms with Gasteiger partial charge >= 0.3 is 11.9 Å². The van der Waals surface area contributed by atoms with E-state index in [1.807, 2.05) is 0 Å². The lowest BCUT2D eigenvalue weighted by molar-refractivity contribution is 0.0577. The molecule has 82 valence electrons. The van der Waals surface area contributed by atoms with Crippen molar-refractivity contribution in [1.82, 2.24) is 9.61 Å². The molecule has 0 radical (unpaired) electrons. The molecule has 0 aliphatic heterocycles. The predicted octanol–water partition coefficient (Wildman–Crippen LogP) is 0.819. The molecule has 0 bridgehead atoms. The zero-order chi connectivity index (χ0) is 11.7. The Morgan fingerprint density at radius 2 is 2.19 bits per heavy atom. The lowest BCUT2D eigenvalue weighted by Gasteiger charge is -1.95. The Hall–Kier alpha value is -2.37. The molecule has 0 fully saturated rings. The minimum absolute atomic E-state index is 0.146. The summed E-state index contributed by atoms with van der Waals surface area (Å²) in [7, 11) is 1.18. The first-order valence-electron chi connectivity index (χ1n) is 4.44. The van der Waals surface area contributed by atoms with E-state index < -0.39 is 11.9 Å². The van der Waals surface area contributed by atoms with Gasteiger partial charge in [0.25, 0.3) is 0 Å². The van der Waals surface area contributed by atoms with Crippen LogP contribution in [0.3, 0.4) is 0 Å². The number of nitrogens with zero attached hydrogens (tertiary/aromatic N) is 2. The van der Waals surface area contributed by atoms with E-state index >= 15 is 0 Å². The predicted molar refractivity (Wildman–Crippen MR) is 53.5 cm³/mol. The van der Waals surface area contributed by atoms with Crippen molar-refractivity contribution in [1.29, 1.82) is 0 Å². The second-order valence-corrected chi connectivity index (χ2v) is 3.05. The van der Waals surface area contributed by atoms with Gasteiger partial charge in [-0.2, -0.15) is 5.10 Å². The second-order valence-electron chi connectivity index (χ2n) is 3.05. The van der Waals surface area contributed by atoms with Gasteiger partial charge in [0.2, 0.25) is 0 Å². The average Bonchev–Trinajstić information content (AvgIpc) is 2.67. The molecule has 0 atom stereocenters. The monoisotopic (exact) mass is 220 g/mol. The molecule has 0 saturated carbocycles. The Morgan fingerprint density at radius 3 is 2.81 bits per heavy atom. The highest BCUT2D eigenvalue weighted by Gasteiger charge is 2.24. The number of carbonyl (C=O) groups is 2. The number of aromatic carboxylic acids is 1. The van der Waals surface area contributed by atoms with Gasteiger partial charge < -0.3 is 9.84 Å². The van der Waals surface area contributed by atoms with Crippen LogP contribution in [-0.2, 0) is 4.74 Å². The van der Waals surface area contributed by atoms with Gasteiger partial charge in [0.1, 0.15) is 5.56 Å². The van der Waals surface area contributed by atoms with Gasteiger partial charge in [0.15, 0.2) is 5.69 Å². The van der Waals surface area contributed by atoms with E-state index in [-0.39, 0.29) is 11.3 Å². The molecule has 0 aliphatic rings. The molecule has 0 aromatic carbocycles. The Labute approximate surface area is 90.1 Å². The number of pyridine rings is 1. The van der Waals surface area contributed by atoms with E-state index in [9.17, 15) is 9.59 Å². The van der Waals surface area contributed by atoms with Crippen molar-refractivity contribution >= 4 is 17.5 Å². The number of carbonyl (C=O) groups excluding carboxylic acids is 1. The van der Waals surface area contributed by atoms with Crippen LogP contribution >= 0.6 is 0 Å². The van der Waals surface area contributed by atoms with Gasteiger partial charge in [-0.3, -0.25) is 0 Å². The summed E-state index contributed by atoms with van der Waals surface area (Å²) in [5.74, 6) is -1.97. The summed E-state index contributed by atoms with van der Waals surface area (Å²) in [5.41, 5.74) is 0.0176. The summed E-state index contributed by atoms with van der Waals surface area (Å²) in [5, 5.41) is 12.9. The number of hydrogen-bond donors (Lipinski definition) is 1.